The first kappa shape index (κ1) is 13.4. The number of hydrogen-bond donors (Lipinski definition) is 0. The Morgan fingerprint density at radius 1 is 1.19 bits per heavy atom. The lowest BCUT2D eigenvalue weighted by Gasteiger charge is -2.03. The van der Waals surface area contributed by atoms with Crippen molar-refractivity contribution >= 4 is 0 Å². The van der Waals surface area contributed by atoms with Crippen LogP contribution in [0.5, 0.6) is 5.88 Å². The van der Waals surface area contributed by atoms with Crippen LogP contribution in [0.4, 0.5) is 0 Å². The van der Waals surface area contributed by atoms with Crippen molar-refractivity contribution in [1.29, 1.82) is 0 Å². The standard InChI is InChI=1S/C16H17N3O2/c1-12(2)19-9-8-14(17-19)11-20-16-10-15(21-18-16)13-6-4-3-5-7-13/h3-10,12H,11H2,1-2H3. The predicted octanol–water partition coefficient (Wildman–Crippen LogP) is 3.70. The van der Waals surface area contributed by atoms with E-state index in [2.05, 4.69) is 24.1 Å². The van der Waals surface area contributed by atoms with E-state index in [4.69, 9.17) is 9.26 Å². The molecule has 0 unspecified atom stereocenters. The Kier molecular flexibility index (Phi) is 3.73. The van der Waals surface area contributed by atoms with Gasteiger partial charge in [0.05, 0.1) is 5.69 Å². The van der Waals surface area contributed by atoms with Crippen molar-refractivity contribution in [1.82, 2.24) is 14.9 Å². The third-order valence-corrected chi connectivity index (χ3v) is 3.11. The molecule has 1 aromatic carbocycles. The zero-order valence-electron chi connectivity index (χ0n) is 12.1. The third kappa shape index (κ3) is 3.13. The second-order valence-electron chi connectivity index (χ2n) is 5.06. The van der Waals surface area contributed by atoms with Crippen LogP contribution in [0.15, 0.2) is 53.2 Å². The van der Waals surface area contributed by atoms with E-state index in [1.165, 1.54) is 0 Å². The number of benzene rings is 1. The minimum absolute atomic E-state index is 0.343. The number of ether oxygens (including phenoxy) is 1. The van der Waals surface area contributed by atoms with Crippen LogP contribution < -0.4 is 4.74 Å². The topological polar surface area (TPSA) is 53.1 Å². The maximum absolute atomic E-state index is 5.61. The lowest BCUT2D eigenvalue weighted by molar-refractivity contribution is 0.265. The monoisotopic (exact) mass is 283 g/mol. The van der Waals surface area contributed by atoms with E-state index in [0.29, 0.717) is 24.3 Å². The van der Waals surface area contributed by atoms with Crippen LogP contribution in [0.1, 0.15) is 25.6 Å². The van der Waals surface area contributed by atoms with Gasteiger partial charge in [0, 0.05) is 23.9 Å². The van der Waals surface area contributed by atoms with Gasteiger partial charge in [0.15, 0.2) is 5.76 Å². The molecule has 0 aliphatic rings. The highest BCUT2D eigenvalue weighted by molar-refractivity contribution is 5.57. The molecule has 0 atom stereocenters. The molecule has 3 rings (SSSR count). The zero-order chi connectivity index (χ0) is 14.7. The third-order valence-electron chi connectivity index (χ3n) is 3.11. The fraction of sp³-hybridized carbons (Fsp3) is 0.250. The summed E-state index contributed by atoms with van der Waals surface area (Å²) in [6, 6.07) is 13.9. The molecule has 2 aromatic heterocycles. The van der Waals surface area contributed by atoms with Gasteiger partial charge in [-0.3, -0.25) is 4.68 Å². The first-order valence-corrected chi connectivity index (χ1v) is 6.91. The van der Waals surface area contributed by atoms with Gasteiger partial charge in [-0.2, -0.15) is 5.10 Å². The molecule has 108 valence electrons. The van der Waals surface area contributed by atoms with Crippen LogP contribution in [0, 0.1) is 0 Å². The molecule has 0 aliphatic carbocycles. The van der Waals surface area contributed by atoms with E-state index >= 15 is 0 Å². The van der Waals surface area contributed by atoms with Gasteiger partial charge >= 0.3 is 0 Å². The van der Waals surface area contributed by atoms with Crippen molar-refractivity contribution < 1.29 is 9.26 Å². The number of rotatable bonds is 5. The van der Waals surface area contributed by atoms with Crippen molar-refractivity contribution in [2.24, 2.45) is 0 Å². The molecule has 5 heteroatoms. The average Bonchev–Trinajstić information content (AvgIpc) is 3.15. The number of nitrogens with zero attached hydrogens (tertiary/aromatic N) is 3. The molecule has 5 nitrogen and oxygen atoms in total. The van der Waals surface area contributed by atoms with Gasteiger partial charge in [-0.05, 0) is 25.1 Å². The summed E-state index contributed by atoms with van der Waals surface area (Å²) in [4.78, 5) is 0. The SMILES string of the molecule is CC(C)n1ccc(COc2cc(-c3ccccc3)on2)n1. The summed E-state index contributed by atoms with van der Waals surface area (Å²) in [6.45, 7) is 4.54. The highest BCUT2D eigenvalue weighted by Gasteiger charge is 2.08. The van der Waals surface area contributed by atoms with E-state index in [-0.39, 0.29) is 0 Å². The summed E-state index contributed by atoms with van der Waals surface area (Å²) in [7, 11) is 0. The highest BCUT2D eigenvalue weighted by Crippen LogP contribution is 2.23. The van der Waals surface area contributed by atoms with Gasteiger partial charge in [-0.15, -0.1) is 0 Å². The Balaban J connectivity index is 1.65. The maximum atomic E-state index is 5.61. The molecule has 0 spiro atoms. The minimum atomic E-state index is 0.343. The van der Waals surface area contributed by atoms with E-state index in [1.807, 2.05) is 47.3 Å². The summed E-state index contributed by atoms with van der Waals surface area (Å²) in [5.74, 6) is 1.16. The van der Waals surface area contributed by atoms with Gasteiger partial charge in [-0.1, -0.05) is 30.3 Å². The van der Waals surface area contributed by atoms with E-state index < -0.39 is 0 Å². The second kappa shape index (κ2) is 5.83. The summed E-state index contributed by atoms with van der Waals surface area (Å²) in [6.07, 6.45) is 1.95. The molecule has 0 saturated carbocycles. The minimum Gasteiger partial charge on any atom is -0.469 e. The first-order valence-electron chi connectivity index (χ1n) is 6.91. The Morgan fingerprint density at radius 3 is 2.71 bits per heavy atom. The zero-order valence-corrected chi connectivity index (χ0v) is 12.1. The summed E-state index contributed by atoms with van der Waals surface area (Å²) in [5, 5.41) is 8.34. The Labute approximate surface area is 123 Å². The maximum Gasteiger partial charge on any atom is 0.255 e. The number of aromatic nitrogens is 3. The predicted molar refractivity (Wildman–Crippen MR) is 78.9 cm³/mol. The second-order valence-corrected chi connectivity index (χ2v) is 5.06. The van der Waals surface area contributed by atoms with Gasteiger partial charge in [0.25, 0.3) is 5.88 Å². The Hall–Kier alpha value is -2.56. The fourth-order valence-corrected chi connectivity index (χ4v) is 1.96. The van der Waals surface area contributed by atoms with E-state index in [1.54, 1.807) is 6.07 Å². The van der Waals surface area contributed by atoms with Crippen molar-refractivity contribution in [2.45, 2.75) is 26.5 Å². The molecular formula is C16H17N3O2. The Morgan fingerprint density at radius 2 is 2.00 bits per heavy atom. The average molecular weight is 283 g/mol. The van der Waals surface area contributed by atoms with Crippen molar-refractivity contribution in [2.75, 3.05) is 0 Å². The molecule has 0 fully saturated rings. The lowest BCUT2D eigenvalue weighted by Crippen LogP contribution is -2.03. The van der Waals surface area contributed by atoms with Crippen molar-refractivity contribution in [3.8, 4) is 17.2 Å². The quantitative estimate of drug-likeness (QED) is 0.716. The van der Waals surface area contributed by atoms with E-state index in [0.717, 1.165) is 11.3 Å². The van der Waals surface area contributed by atoms with Crippen molar-refractivity contribution in [3.05, 3.63) is 54.4 Å². The van der Waals surface area contributed by atoms with Crippen LogP contribution in [-0.2, 0) is 6.61 Å². The smallest absolute Gasteiger partial charge is 0.255 e. The fourth-order valence-electron chi connectivity index (χ4n) is 1.96. The highest BCUT2D eigenvalue weighted by atomic mass is 16.5. The first-order chi connectivity index (χ1) is 10.2. The lowest BCUT2D eigenvalue weighted by atomic mass is 10.2. The van der Waals surface area contributed by atoms with Crippen LogP contribution in [0.3, 0.4) is 0 Å². The van der Waals surface area contributed by atoms with Gasteiger partial charge < -0.3 is 9.26 Å². The number of hydrogen-bond acceptors (Lipinski definition) is 4. The van der Waals surface area contributed by atoms with Crippen LogP contribution in [0.2, 0.25) is 0 Å². The van der Waals surface area contributed by atoms with Crippen LogP contribution in [0.25, 0.3) is 11.3 Å². The largest absolute Gasteiger partial charge is 0.469 e. The molecule has 2 heterocycles. The Bertz CT molecular complexity index is 701. The molecule has 0 amide bonds. The molecule has 0 saturated heterocycles. The molecule has 3 aromatic rings. The molecule has 21 heavy (non-hydrogen) atoms. The summed E-state index contributed by atoms with van der Waals surface area (Å²) >= 11 is 0. The van der Waals surface area contributed by atoms with Crippen LogP contribution in [-0.4, -0.2) is 14.9 Å². The van der Waals surface area contributed by atoms with Gasteiger partial charge in [-0.25, -0.2) is 0 Å². The van der Waals surface area contributed by atoms with Crippen molar-refractivity contribution in [3.63, 3.8) is 0 Å². The molecule has 0 radical (unpaired) electrons. The van der Waals surface area contributed by atoms with Gasteiger partial charge in [0.1, 0.15) is 6.61 Å². The summed E-state index contributed by atoms with van der Waals surface area (Å²) < 4.78 is 12.8. The van der Waals surface area contributed by atoms with E-state index in [9.17, 15) is 0 Å². The molecule has 0 bridgehead atoms. The molecule has 0 N–H and O–H groups in total. The van der Waals surface area contributed by atoms with Gasteiger partial charge in [0.2, 0.25) is 0 Å². The normalized spacial score (nSPS) is 11.0. The molecular weight excluding hydrogens is 266 g/mol. The molecule has 0 aliphatic heterocycles. The van der Waals surface area contributed by atoms with Crippen LogP contribution >= 0.6 is 0 Å². The summed E-state index contributed by atoms with van der Waals surface area (Å²) in [5.41, 5.74) is 1.84.